The second kappa shape index (κ2) is 9.90. The van der Waals surface area contributed by atoms with Gasteiger partial charge in [0.25, 0.3) is 5.91 Å². The summed E-state index contributed by atoms with van der Waals surface area (Å²) in [6.45, 7) is 2.18. The molecule has 0 heterocycles. The van der Waals surface area contributed by atoms with Crippen LogP contribution in [0, 0.1) is 18.3 Å². The highest BCUT2D eigenvalue weighted by Gasteiger charge is 2.08. The van der Waals surface area contributed by atoms with Crippen LogP contribution >= 0.6 is 0 Å². The molecule has 0 aliphatic heterocycles. The molecule has 0 radical (unpaired) electrons. The van der Waals surface area contributed by atoms with Crippen LogP contribution in [-0.4, -0.2) is 28.6 Å². The lowest BCUT2D eigenvalue weighted by atomic mass is 10.2. The quantitative estimate of drug-likeness (QED) is 0.238. The maximum Gasteiger partial charge on any atom is 0.303 e. The van der Waals surface area contributed by atoms with Gasteiger partial charge < -0.3 is 20.8 Å². The number of phenols is 1. The fraction of sp³-hybridized carbons (Fsp3) is 0.353. The lowest BCUT2D eigenvalue weighted by Crippen LogP contribution is -2.26. The predicted octanol–water partition coefficient (Wildman–Crippen LogP) is 2.28. The largest absolute Gasteiger partial charge is 0.508 e. The number of unbranched alkanes of at least 4 members (excludes halogenated alkanes) is 2. The number of hydrogen-bond acceptors (Lipinski definition) is 5. The van der Waals surface area contributed by atoms with Gasteiger partial charge in [0.1, 0.15) is 17.4 Å². The van der Waals surface area contributed by atoms with E-state index in [9.17, 15) is 14.7 Å². The normalized spacial score (nSPS) is 10.8. The molecule has 4 N–H and O–H groups in total. The Morgan fingerprint density at radius 1 is 1.29 bits per heavy atom. The highest BCUT2D eigenvalue weighted by atomic mass is 16.4. The Balaban J connectivity index is 2.45. The standard InChI is InChI=1S/C17H21N3O4/c1-12-9-14(21)6-7-15(12)20-11-13(10-18)17(24)19-8-4-2-3-5-16(22)23/h6-7,9,11,20-21H,2-5,8H2,1H3,(H,19,24)(H,22,23)/b13-11-. The number of aliphatic carboxylic acids is 1. The van der Waals surface area contributed by atoms with E-state index in [0.717, 1.165) is 5.56 Å². The number of carbonyl (C=O) groups is 2. The zero-order valence-electron chi connectivity index (χ0n) is 13.5. The van der Waals surface area contributed by atoms with Gasteiger partial charge >= 0.3 is 5.97 Å². The third-order valence-corrected chi connectivity index (χ3v) is 3.30. The third kappa shape index (κ3) is 6.83. The molecule has 0 atom stereocenters. The van der Waals surface area contributed by atoms with Crippen molar-refractivity contribution in [3.8, 4) is 11.8 Å². The van der Waals surface area contributed by atoms with Gasteiger partial charge in [-0.25, -0.2) is 0 Å². The average molecular weight is 331 g/mol. The Labute approximate surface area is 140 Å². The summed E-state index contributed by atoms with van der Waals surface area (Å²) in [6.07, 6.45) is 3.35. The van der Waals surface area contributed by atoms with Crippen molar-refractivity contribution in [3.05, 3.63) is 35.5 Å². The summed E-state index contributed by atoms with van der Waals surface area (Å²) < 4.78 is 0. The van der Waals surface area contributed by atoms with Crippen molar-refractivity contribution in [1.82, 2.24) is 5.32 Å². The maximum absolute atomic E-state index is 11.9. The molecular weight excluding hydrogens is 310 g/mol. The first-order chi connectivity index (χ1) is 11.4. The van der Waals surface area contributed by atoms with E-state index in [4.69, 9.17) is 10.4 Å². The number of carboxylic acid groups (broad SMARTS) is 1. The fourth-order valence-corrected chi connectivity index (χ4v) is 1.98. The fourth-order valence-electron chi connectivity index (χ4n) is 1.98. The second-order valence-corrected chi connectivity index (χ2v) is 5.27. The number of aromatic hydroxyl groups is 1. The number of rotatable bonds is 9. The lowest BCUT2D eigenvalue weighted by molar-refractivity contribution is -0.137. The van der Waals surface area contributed by atoms with Gasteiger partial charge in [-0.3, -0.25) is 9.59 Å². The summed E-state index contributed by atoms with van der Waals surface area (Å²) in [5, 5.41) is 32.4. The molecular formula is C17H21N3O4. The third-order valence-electron chi connectivity index (χ3n) is 3.30. The van der Waals surface area contributed by atoms with E-state index in [1.807, 2.05) is 6.07 Å². The van der Waals surface area contributed by atoms with Crippen molar-refractivity contribution in [2.75, 3.05) is 11.9 Å². The Kier molecular flexibility index (Phi) is 7.85. The Hall–Kier alpha value is -3.01. The van der Waals surface area contributed by atoms with Crippen molar-refractivity contribution in [3.63, 3.8) is 0 Å². The molecule has 0 saturated carbocycles. The van der Waals surface area contributed by atoms with E-state index in [1.54, 1.807) is 19.1 Å². The van der Waals surface area contributed by atoms with E-state index in [2.05, 4.69) is 10.6 Å². The topological polar surface area (TPSA) is 122 Å². The van der Waals surface area contributed by atoms with Gasteiger partial charge in [0.15, 0.2) is 0 Å². The summed E-state index contributed by atoms with van der Waals surface area (Å²) in [4.78, 5) is 22.3. The van der Waals surface area contributed by atoms with Crippen LogP contribution < -0.4 is 10.6 Å². The highest BCUT2D eigenvalue weighted by molar-refractivity contribution is 5.97. The molecule has 1 aromatic rings. The van der Waals surface area contributed by atoms with E-state index in [-0.39, 0.29) is 17.7 Å². The molecule has 0 spiro atoms. The first kappa shape index (κ1) is 19.0. The van der Waals surface area contributed by atoms with Gasteiger partial charge in [-0.1, -0.05) is 6.42 Å². The van der Waals surface area contributed by atoms with Crippen LogP contribution in [0.4, 0.5) is 5.69 Å². The zero-order chi connectivity index (χ0) is 17.9. The minimum absolute atomic E-state index is 0.0620. The Morgan fingerprint density at radius 2 is 2.04 bits per heavy atom. The minimum atomic E-state index is -0.829. The molecule has 128 valence electrons. The van der Waals surface area contributed by atoms with Crippen molar-refractivity contribution < 1.29 is 19.8 Å². The lowest BCUT2D eigenvalue weighted by Gasteiger charge is -2.07. The molecule has 0 saturated heterocycles. The van der Waals surface area contributed by atoms with E-state index in [0.29, 0.717) is 31.5 Å². The molecule has 1 aromatic carbocycles. The van der Waals surface area contributed by atoms with Crippen LogP contribution in [0.15, 0.2) is 30.0 Å². The summed E-state index contributed by atoms with van der Waals surface area (Å²) in [6, 6.07) is 6.55. The number of amides is 1. The molecule has 1 amide bonds. The number of benzene rings is 1. The number of phenolic OH excluding ortho intramolecular Hbond substituents is 1. The van der Waals surface area contributed by atoms with E-state index in [1.165, 1.54) is 12.3 Å². The number of carboxylic acids is 1. The summed E-state index contributed by atoms with van der Waals surface area (Å²) in [7, 11) is 0. The predicted molar refractivity (Wildman–Crippen MR) is 89.3 cm³/mol. The molecule has 7 nitrogen and oxygen atoms in total. The second-order valence-electron chi connectivity index (χ2n) is 5.27. The number of carbonyl (C=O) groups excluding carboxylic acids is 1. The van der Waals surface area contributed by atoms with Gasteiger partial charge in [0, 0.05) is 24.9 Å². The van der Waals surface area contributed by atoms with Crippen molar-refractivity contribution >= 4 is 17.6 Å². The number of nitrogens with zero attached hydrogens (tertiary/aromatic N) is 1. The van der Waals surface area contributed by atoms with Gasteiger partial charge in [-0.05, 0) is 43.5 Å². The molecule has 1 rings (SSSR count). The van der Waals surface area contributed by atoms with Crippen molar-refractivity contribution in [2.45, 2.75) is 32.6 Å². The molecule has 0 aliphatic carbocycles. The van der Waals surface area contributed by atoms with Gasteiger partial charge in [-0.2, -0.15) is 5.26 Å². The molecule has 0 bridgehead atoms. The van der Waals surface area contributed by atoms with Gasteiger partial charge in [0.05, 0.1) is 0 Å². The van der Waals surface area contributed by atoms with Gasteiger partial charge in [0.2, 0.25) is 0 Å². The highest BCUT2D eigenvalue weighted by Crippen LogP contribution is 2.20. The Morgan fingerprint density at radius 3 is 2.67 bits per heavy atom. The van der Waals surface area contributed by atoms with Crippen LogP contribution in [0.25, 0.3) is 0 Å². The summed E-state index contributed by atoms with van der Waals surface area (Å²) in [5.74, 6) is -1.17. The number of anilines is 1. The number of nitrogens with one attached hydrogen (secondary N) is 2. The van der Waals surface area contributed by atoms with Crippen molar-refractivity contribution in [1.29, 1.82) is 5.26 Å². The number of nitriles is 1. The number of hydrogen-bond donors (Lipinski definition) is 4. The smallest absolute Gasteiger partial charge is 0.303 e. The molecule has 0 fully saturated rings. The van der Waals surface area contributed by atoms with E-state index < -0.39 is 11.9 Å². The molecule has 0 aromatic heterocycles. The monoisotopic (exact) mass is 331 g/mol. The average Bonchev–Trinajstić information content (AvgIpc) is 2.52. The minimum Gasteiger partial charge on any atom is -0.508 e. The maximum atomic E-state index is 11.9. The van der Waals surface area contributed by atoms with Crippen molar-refractivity contribution in [2.24, 2.45) is 0 Å². The molecule has 7 heteroatoms. The SMILES string of the molecule is Cc1cc(O)ccc1N/C=C(/C#N)C(=O)NCCCCCC(=O)O. The first-order valence-electron chi connectivity index (χ1n) is 7.60. The van der Waals surface area contributed by atoms with Crippen LogP contribution in [0.3, 0.4) is 0 Å². The van der Waals surface area contributed by atoms with Crippen LogP contribution in [-0.2, 0) is 9.59 Å². The van der Waals surface area contributed by atoms with Crippen LogP contribution in [0.5, 0.6) is 5.75 Å². The van der Waals surface area contributed by atoms with Crippen LogP contribution in [0.1, 0.15) is 31.2 Å². The van der Waals surface area contributed by atoms with E-state index >= 15 is 0 Å². The molecule has 0 unspecified atom stereocenters. The summed E-state index contributed by atoms with van der Waals surface area (Å²) in [5.41, 5.74) is 1.40. The first-order valence-corrected chi connectivity index (χ1v) is 7.60. The summed E-state index contributed by atoms with van der Waals surface area (Å²) >= 11 is 0. The number of aryl methyl sites for hydroxylation is 1. The van der Waals surface area contributed by atoms with Crippen LogP contribution in [0.2, 0.25) is 0 Å². The molecule has 0 aliphatic rings. The van der Waals surface area contributed by atoms with Gasteiger partial charge in [-0.15, -0.1) is 0 Å². The zero-order valence-corrected chi connectivity index (χ0v) is 13.5. The molecule has 24 heavy (non-hydrogen) atoms. The Bertz CT molecular complexity index is 662.